The van der Waals surface area contributed by atoms with Crippen LogP contribution in [-0.4, -0.2) is 51.0 Å². The number of anilines is 2. The molecule has 1 amide bonds. The van der Waals surface area contributed by atoms with Crippen LogP contribution in [-0.2, 0) is 0 Å². The summed E-state index contributed by atoms with van der Waals surface area (Å²) < 4.78 is 0. The number of carbonyl (C=O) groups is 1. The Morgan fingerprint density at radius 2 is 1.80 bits per heavy atom. The fourth-order valence-electron chi connectivity index (χ4n) is 3.97. The standard InChI is InChI=1S/C26H30N8O/c1-5-28-26-31-13-18(14-32-26)22-11-23(34-15-33-22)30-12-16(2)17(3)19-7-6-8-20-21(25(35)27-4)9-10-29-24(19)20/h6-11,13-17H,5,12H2,1-4H3,(H,27,35)(H,28,31,32)(H,30,33,34)/t16-,17?/m1/s1. The maximum absolute atomic E-state index is 12.3. The van der Waals surface area contributed by atoms with E-state index in [9.17, 15) is 4.79 Å². The fraction of sp³-hybridized carbons (Fsp3) is 0.308. The fourth-order valence-corrected chi connectivity index (χ4v) is 3.97. The first-order valence-electron chi connectivity index (χ1n) is 11.7. The highest BCUT2D eigenvalue weighted by Gasteiger charge is 2.19. The highest BCUT2D eigenvalue weighted by atomic mass is 16.1. The monoisotopic (exact) mass is 470 g/mol. The van der Waals surface area contributed by atoms with E-state index in [0.29, 0.717) is 18.1 Å². The highest BCUT2D eigenvalue weighted by molar-refractivity contribution is 6.06. The van der Waals surface area contributed by atoms with Crippen LogP contribution in [0.25, 0.3) is 22.2 Å². The van der Waals surface area contributed by atoms with Gasteiger partial charge in [0.1, 0.15) is 12.1 Å². The Morgan fingerprint density at radius 3 is 2.54 bits per heavy atom. The lowest BCUT2D eigenvalue weighted by molar-refractivity contribution is 0.0964. The van der Waals surface area contributed by atoms with Crippen LogP contribution in [0, 0.1) is 5.92 Å². The maximum atomic E-state index is 12.3. The molecule has 180 valence electrons. The molecule has 0 fully saturated rings. The zero-order chi connectivity index (χ0) is 24.8. The molecule has 1 unspecified atom stereocenters. The lowest BCUT2D eigenvalue weighted by atomic mass is 9.87. The van der Waals surface area contributed by atoms with Gasteiger partial charge in [-0.1, -0.05) is 32.0 Å². The maximum Gasteiger partial charge on any atom is 0.251 e. The number of hydrogen-bond donors (Lipinski definition) is 3. The Kier molecular flexibility index (Phi) is 7.45. The summed E-state index contributed by atoms with van der Waals surface area (Å²) in [5, 5.41) is 10.1. The van der Waals surface area contributed by atoms with Crippen molar-refractivity contribution < 1.29 is 4.79 Å². The first-order chi connectivity index (χ1) is 17.0. The number of aromatic nitrogens is 5. The van der Waals surface area contributed by atoms with Crippen molar-refractivity contribution in [1.82, 2.24) is 30.2 Å². The van der Waals surface area contributed by atoms with Crippen LogP contribution in [0.3, 0.4) is 0 Å². The Hall–Kier alpha value is -4.14. The molecule has 3 aromatic heterocycles. The molecule has 1 aromatic carbocycles. The predicted molar refractivity (Wildman–Crippen MR) is 138 cm³/mol. The first-order valence-corrected chi connectivity index (χ1v) is 11.7. The number of amides is 1. The zero-order valence-corrected chi connectivity index (χ0v) is 20.4. The second kappa shape index (κ2) is 10.9. The summed E-state index contributed by atoms with van der Waals surface area (Å²) in [6.07, 6.45) is 6.74. The molecule has 0 aliphatic rings. The molecular weight excluding hydrogens is 440 g/mol. The van der Waals surface area contributed by atoms with Crippen LogP contribution in [0.1, 0.15) is 42.6 Å². The Morgan fingerprint density at radius 1 is 1.00 bits per heavy atom. The van der Waals surface area contributed by atoms with Crippen molar-refractivity contribution in [3.63, 3.8) is 0 Å². The van der Waals surface area contributed by atoms with Crippen molar-refractivity contribution in [1.29, 1.82) is 0 Å². The highest BCUT2D eigenvalue weighted by Crippen LogP contribution is 2.31. The van der Waals surface area contributed by atoms with Crippen LogP contribution in [0.5, 0.6) is 0 Å². The second-order valence-electron chi connectivity index (χ2n) is 8.44. The molecule has 9 nitrogen and oxygen atoms in total. The van der Waals surface area contributed by atoms with Crippen molar-refractivity contribution in [2.45, 2.75) is 26.7 Å². The molecule has 2 atom stereocenters. The van der Waals surface area contributed by atoms with E-state index in [-0.39, 0.29) is 17.7 Å². The van der Waals surface area contributed by atoms with Crippen LogP contribution in [0.2, 0.25) is 0 Å². The first kappa shape index (κ1) is 24.0. The van der Waals surface area contributed by atoms with Crippen molar-refractivity contribution >= 4 is 28.6 Å². The largest absolute Gasteiger partial charge is 0.370 e. The van der Waals surface area contributed by atoms with Gasteiger partial charge in [-0.05, 0) is 30.4 Å². The van der Waals surface area contributed by atoms with Gasteiger partial charge in [0, 0.05) is 55.7 Å². The summed E-state index contributed by atoms with van der Waals surface area (Å²) in [6, 6.07) is 9.68. The molecule has 0 radical (unpaired) electrons. The number of pyridine rings is 1. The van der Waals surface area contributed by atoms with Gasteiger partial charge in [-0.25, -0.2) is 19.9 Å². The quantitative estimate of drug-likeness (QED) is 0.334. The third-order valence-corrected chi connectivity index (χ3v) is 6.17. The molecule has 35 heavy (non-hydrogen) atoms. The molecule has 0 saturated heterocycles. The summed E-state index contributed by atoms with van der Waals surface area (Å²) in [7, 11) is 1.64. The molecular formula is C26H30N8O. The molecule has 4 aromatic rings. The van der Waals surface area contributed by atoms with E-state index >= 15 is 0 Å². The van der Waals surface area contributed by atoms with Crippen molar-refractivity contribution in [2.75, 3.05) is 30.8 Å². The normalized spacial score (nSPS) is 12.7. The summed E-state index contributed by atoms with van der Waals surface area (Å²) in [4.78, 5) is 34.3. The number of fused-ring (bicyclic) bond motifs is 1. The van der Waals surface area contributed by atoms with E-state index in [1.807, 2.05) is 25.1 Å². The van der Waals surface area contributed by atoms with Gasteiger partial charge in [0.25, 0.3) is 5.91 Å². The van der Waals surface area contributed by atoms with Gasteiger partial charge in [-0.15, -0.1) is 0 Å². The smallest absolute Gasteiger partial charge is 0.251 e. The van der Waals surface area contributed by atoms with Crippen LogP contribution >= 0.6 is 0 Å². The lowest BCUT2D eigenvalue weighted by Crippen LogP contribution is -2.19. The number of carbonyl (C=O) groups excluding carboxylic acids is 1. The molecule has 4 rings (SSSR count). The van der Waals surface area contributed by atoms with Gasteiger partial charge < -0.3 is 16.0 Å². The summed E-state index contributed by atoms with van der Waals surface area (Å²) in [5.41, 5.74) is 4.19. The van der Waals surface area contributed by atoms with Crippen LogP contribution < -0.4 is 16.0 Å². The van der Waals surface area contributed by atoms with Crippen molar-refractivity contribution in [3.8, 4) is 11.3 Å². The third kappa shape index (κ3) is 5.34. The molecule has 9 heteroatoms. The van der Waals surface area contributed by atoms with E-state index in [2.05, 4.69) is 60.8 Å². The number of nitrogens with zero attached hydrogens (tertiary/aromatic N) is 5. The summed E-state index contributed by atoms with van der Waals surface area (Å²) >= 11 is 0. The van der Waals surface area contributed by atoms with Crippen LogP contribution in [0.4, 0.5) is 11.8 Å². The Bertz CT molecular complexity index is 1310. The van der Waals surface area contributed by atoms with E-state index in [4.69, 9.17) is 0 Å². The van der Waals surface area contributed by atoms with Crippen molar-refractivity contribution in [2.24, 2.45) is 5.92 Å². The molecule has 0 spiro atoms. The van der Waals surface area contributed by atoms with Gasteiger partial charge in [-0.2, -0.15) is 0 Å². The number of para-hydroxylation sites is 1. The Balaban J connectivity index is 1.48. The summed E-state index contributed by atoms with van der Waals surface area (Å²) in [6.45, 7) is 7.85. The average Bonchev–Trinajstić information content (AvgIpc) is 2.91. The average molecular weight is 471 g/mol. The molecule has 0 aliphatic carbocycles. The van der Waals surface area contributed by atoms with Gasteiger partial charge in [0.2, 0.25) is 5.95 Å². The van der Waals surface area contributed by atoms with Gasteiger partial charge in [0.05, 0.1) is 16.8 Å². The lowest BCUT2D eigenvalue weighted by Gasteiger charge is -2.22. The van der Waals surface area contributed by atoms with Gasteiger partial charge in [-0.3, -0.25) is 9.78 Å². The minimum atomic E-state index is -0.113. The van der Waals surface area contributed by atoms with E-state index in [1.54, 1.807) is 38.0 Å². The topological polar surface area (TPSA) is 118 Å². The number of hydrogen-bond acceptors (Lipinski definition) is 8. The van der Waals surface area contributed by atoms with E-state index in [1.165, 1.54) is 0 Å². The zero-order valence-electron chi connectivity index (χ0n) is 20.4. The third-order valence-electron chi connectivity index (χ3n) is 6.17. The van der Waals surface area contributed by atoms with E-state index < -0.39 is 0 Å². The molecule has 3 heterocycles. The van der Waals surface area contributed by atoms with Gasteiger partial charge >= 0.3 is 0 Å². The van der Waals surface area contributed by atoms with Crippen molar-refractivity contribution in [3.05, 3.63) is 66.4 Å². The molecule has 0 saturated carbocycles. The minimum Gasteiger partial charge on any atom is -0.370 e. The molecule has 3 N–H and O–H groups in total. The SMILES string of the molecule is CCNc1ncc(-c2cc(NC[C@@H](C)C(C)c3cccc4c(C(=O)NC)ccnc34)ncn2)cn1. The second-order valence-corrected chi connectivity index (χ2v) is 8.44. The number of nitrogens with one attached hydrogen (secondary N) is 3. The predicted octanol–water partition coefficient (Wildman–Crippen LogP) is 4.12. The van der Waals surface area contributed by atoms with Gasteiger partial charge in [0.15, 0.2) is 0 Å². The molecule has 0 aliphatic heterocycles. The number of benzene rings is 1. The molecule has 0 bridgehead atoms. The minimum absolute atomic E-state index is 0.113. The number of rotatable bonds is 9. The van der Waals surface area contributed by atoms with Crippen LogP contribution in [0.15, 0.2) is 55.2 Å². The summed E-state index contributed by atoms with van der Waals surface area (Å²) in [5.74, 6) is 1.69. The van der Waals surface area contributed by atoms with E-state index in [0.717, 1.165) is 40.1 Å². The Labute approximate surface area is 204 Å².